The van der Waals surface area contributed by atoms with Gasteiger partial charge < -0.3 is 10.6 Å². The van der Waals surface area contributed by atoms with Gasteiger partial charge in [-0.1, -0.05) is 12.8 Å². The van der Waals surface area contributed by atoms with Gasteiger partial charge in [-0.2, -0.15) is 0 Å². The van der Waals surface area contributed by atoms with Crippen molar-refractivity contribution in [3.8, 4) is 0 Å². The summed E-state index contributed by atoms with van der Waals surface area (Å²) in [6, 6.07) is 5.89. The van der Waals surface area contributed by atoms with Gasteiger partial charge in [-0.3, -0.25) is 4.79 Å². The molecule has 2 N–H and O–H groups in total. The highest BCUT2D eigenvalue weighted by Gasteiger charge is 2.20. The van der Waals surface area contributed by atoms with Gasteiger partial charge in [0.2, 0.25) is 0 Å². The van der Waals surface area contributed by atoms with Crippen molar-refractivity contribution in [2.24, 2.45) is 5.92 Å². The van der Waals surface area contributed by atoms with Gasteiger partial charge in [0.25, 0.3) is 5.91 Å². The molecule has 1 aliphatic carbocycles. The number of anilines is 1. The van der Waals surface area contributed by atoms with E-state index in [0.29, 0.717) is 0 Å². The molecule has 1 aromatic rings. The molecule has 0 atom stereocenters. The lowest BCUT2D eigenvalue weighted by atomic mass is 10.1. The molecule has 0 radical (unpaired) electrons. The standard InChI is InChI=1S/C15H22N2O/c1-3-16-13-6-7-14(11(2)10-13)15(18)17-9-8-12-4-5-12/h6-7,10,12,16H,3-5,8-9H2,1-2H3,(H,17,18). The monoisotopic (exact) mass is 246 g/mol. The number of amides is 1. The van der Waals surface area contributed by atoms with Crippen molar-refractivity contribution in [1.82, 2.24) is 5.32 Å². The van der Waals surface area contributed by atoms with E-state index in [1.165, 1.54) is 12.8 Å². The largest absolute Gasteiger partial charge is 0.385 e. The first-order valence-corrected chi connectivity index (χ1v) is 6.83. The van der Waals surface area contributed by atoms with Gasteiger partial charge in [0.15, 0.2) is 0 Å². The van der Waals surface area contributed by atoms with E-state index in [1.807, 2.05) is 25.1 Å². The van der Waals surface area contributed by atoms with Crippen LogP contribution in [-0.4, -0.2) is 19.0 Å². The van der Waals surface area contributed by atoms with Crippen LogP contribution in [0.3, 0.4) is 0 Å². The number of carbonyl (C=O) groups excluding carboxylic acids is 1. The Morgan fingerprint density at radius 3 is 2.78 bits per heavy atom. The zero-order chi connectivity index (χ0) is 13.0. The van der Waals surface area contributed by atoms with Crippen molar-refractivity contribution in [3.63, 3.8) is 0 Å². The number of hydrogen-bond donors (Lipinski definition) is 2. The molecule has 0 aliphatic heterocycles. The Bertz CT molecular complexity index is 425. The molecule has 1 saturated carbocycles. The van der Waals surface area contributed by atoms with Crippen LogP contribution in [0.2, 0.25) is 0 Å². The van der Waals surface area contributed by atoms with Crippen LogP contribution in [0.4, 0.5) is 5.69 Å². The first-order valence-electron chi connectivity index (χ1n) is 6.83. The molecule has 18 heavy (non-hydrogen) atoms. The lowest BCUT2D eigenvalue weighted by Crippen LogP contribution is -2.25. The number of benzene rings is 1. The minimum atomic E-state index is 0.0520. The van der Waals surface area contributed by atoms with Crippen LogP contribution in [0.1, 0.15) is 42.1 Å². The lowest BCUT2D eigenvalue weighted by Gasteiger charge is -2.10. The van der Waals surface area contributed by atoms with Crippen LogP contribution < -0.4 is 10.6 Å². The molecule has 0 bridgehead atoms. The van der Waals surface area contributed by atoms with E-state index >= 15 is 0 Å². The second-order valence-electron chi connectivity index (χ2n) is 5.05. The van der Waals surface area contributed by atoms with Gasteiger partial charge in [-0.15, -0.1) is 0 Å². The molecule has 1 aromatic carbocycles. The molecule has 0 spiro atoms. The fourth-order valence-electron chi connectivity index (χ4n) is 2.12. The third-order valence-electron chi connectivity index (χ3n) is 3.39. The van der Waals surface area contributed by atoms with E-state index in [0.717, 1.165) is 42.2 Å². The first kappa shape index (κ1) is 12.9. The van der Waals surface area contributed by atoms with Crippen LogP contribution in [0.25, 0.3) is 0 Å². The highest BCUT2D eigenvalue weighted by atomic mass is 16.1. The molecule has 0 saturated heterocycles. The molecule has 2 rings (SSSR count). The van der Waals surface area contributed by atoms with Gasteiger partial charge >= 0.3 is 0 Å². The highest BCUT2D eigenvalue weighted by molar-refractivity contribution is 5.96. The third-order valence-corrected chi connectivity index (χ3v) is 3.39. The summed E-state index contributed by atoms with van der Waals surface area (Å²) in [5.41, 5.74) is 2.88. The van der Waals surface area contributed by atoms with Crippen molar-refractivity contribution in [3.05, 3.63) is 29.3 Å². The van der Waals surface area contributed by atoms with Crippen molar-refractivity contribution >= 4 is 11.6 Å². The maximum absolute atomic E-state index is 12.0. The summed E-state index contributed by atoms with van der Waals surface area (Å²) in [5, 5.41) is 6.25. The number of carbonyl (C=O) groups is 1. The van der Waals surface area contributed by atoms with Gasteiger partial charge in [-0.25, -0.2) is 0 Å². The van der Waals surface area contributed by atoms with Crippen LogP contribution >= 0.6 is 0 Å². The molecule has 0 aromatic heterocycles. The first-order chi connectivity index (χ1) is 8.70. The summed E-state index contributed by atoms with van der Waals surface area (Å²) in [4.78, 5) is 12.0. The predicted octanol–water partition coefficient (Wildman–Crippen LogP) is 2.96. The van der Waals surface area contributed by atoms with E-state index in [4.69, 9.17) is 0 Å². The quantitative estimate of drug-likeness (QED) is 0.810. The van der Waals surface area contributed by atoms with E-state index in [2.05, 4.69) is 17.6 Å². The molecule has 98 valence electrons. The van der Waals surface area contributed by atoms with Gasteiger partial charge in [0.1, 0.15) is 0 Å². The third kappa shape index (κ3) is 3.49. The van der Waals surface area contributed by atoms with Crippen molar-refractivity contribution in [2.75, 3.05) is 18.4 Å². The fraction of sp³-hybridized carbons (Fsp3) is 0.533. The molecule has 0 unspecified atom stereocenters. The summed E-state index contributed by atoms with van der Waals surface area (Å²) >= 11 is 0. The van der Waals surface area contributed by atoms with Crippen LogP contribution in [0.5, 0.6) is 0 Å². The van der Waals surface area contributed by atoms with Crippen LogP contribution in [0.15, 0.2) is 18.2 Å². The number of aryl methyl sites for hydroxylation is 1. The van der Waals surface area contributed by atoms with E-state index in [-0.39, 0.29) is 5.91 Å². The lowest BCUT2D eigenvalue weighted by molar-refractivity contribution is 0.0952. The second-order valence-corrected chi connectivity index (χ2v) is 5.05. The fourth-order valence-corrected chi connectivity index (χ4v) is 2.12. The molecule has 1 fully saturated rings. The van der Waals surface area contributed by atoms with E-state index < -0.39 is 0 Å². The summed E-state index contributed by atoms with van der Waals surface area (Å²) in [6.45, 7) is 5.74. The number of rotatable bonds is 6. The summed E-state index contributed by atoms with van der Waals surface area (Å²) < 4.78 is 0. The van der Waals surface area contributed by atoms with Crippen molar-refractivity contribution in [2.45, 2.75) is 33.1 Å². The molecule has 1 aliphatic rings. The smallest absolute Gasteiger partial charge is 0.251 e. The summed E-state index contributed by atoms with van der Waals surface area (Å²) in [5.74, 6) is 0.915. The Morgan fingerprint density at radius 1 is 1.39 bits per heavy atom. The molecular weight excluding hydrogens is 224 g/mol. The topological polar surface area (TPSA) is 41.1 Å². The Kier molecular flexibility index (Phi) is 4.24. The molecule has 3 nitrogen and oxygen atoms in total. The van der Waals surface area contributed by atoms with Crippen molar-refractivity contribution < 1.29 is 4.79 Å². The van der Waals surface area contributed by atoms with Crippen LogP contribution in [-0.2, 0) is 0 Å². The predicted molar refractivity (Wildman–Crippen MR) is 75.0 cm³/mol. The minimum Gasteiger partial charge on any atom is -0.385 e. The van der Waals surface area contributed by atoms with Crippen LogP contribution in [0, 0.1) is 12.8 Å². The summed E-state index contributed by atoms with van der Waals surface area (Å²) in [7, 11) is 0. The van der Waals surface area contributed by atoms with Crippen molar-refractivity contribution in [1.29, 1.82) is 0 Å². The maximum atomic E-state index is 12.0. The average molecular weight is 246 g/mol. The Labute approximate surface area is 109 Å². The maximum Gasteiger partial charge on any atom is 0.251 e. The second kappa shape index (κ2) is 5.89. The van der Waals surface area contributed by atoms with E-state index in [9.17, 15) is 4.79 Å². The van der Waals surface area contributed by atoms with E-state index in [1.54, 1.807) is 0 Å². The Balaban J connectivity index is 1.91. The summed E-state index contributed by atoms with van der Waals surface area (Å²) in [6.07, 6.45) is 3.80. The SMILES string of the molecule is CCNc1ccc(C(=O)NCCC2CC2)c(C)c1. The van der Waals surface area contributed by atoms with Gasteiger partial charge in [-0.05, 0) is 49.9 Å². The number of hydrogen-bond acceptors (Lipinski definition) is 2. The Morgan fingerprint density at radius 2 is 2.17 bits per heavy atom. The Hall–Kier alpha value is -1.51. The zero-order valence-electron chi connectivity index (χ0n) is 11.3. The highest BCUT2D eigenvalue weighted by Crippen LogP contribution is 2.31. The number of nitrogens with one attached hydrogen (secondary N) is 2. The normalized spacial score (nSPS) is 14.3. The van der Waals surface area contributed by atoms with Gasteiger partial charge in [0, 0.05) is 24.3 Å². The molecular formula is C15H22N2O. The van der Waals surface area contributed by atoms with Gasteiger partial charge in [0.05, 0.1) is 0 Å². The average Bonchev–Trinajstić information content (AvgIpc) is 3.13. The molecule has 0 heterocycles. The molecule has 3 heteroatoms. The minimum absolute atomic E-state index is 0.0520. The zero-order valence-corrected chi connectivity index (χ0v) is 11.3. The molecule has 1 amide bonds.